The lowest BCUT2D eigenvalue weighted by atomic mass is 10.1. The lowest BCUT2D eigenvalue weighted by Crippen LogP contribution is -2.10. The Bertz CT molecular complexity index is 283. The fourth-order valence-electron chi connectivity index (χ4n) is 1.60. The molecule has 1 atom stereocenters. The van der Waals surface area contributed by atoms with E-state index < -0.39 is 0 Å². The summed E-state index contributed by atoms with van der Waals surface area (Å²) in [5, 5.41) is 7.02. The molecular formula is C9H15N3OS. The summed E-state index contributed by atoms with van der Waals surface area (Å²) in [6, 6.07) is 0. The average molecular weight is 213 g/mol. The lowest BCUT2D eigenvalue weighted by Gasteiger charge is -2.17. The average Bonchev–Trinajstić information content (AvgIpc) is 2.68. The fourth-order valence-corrected chi connectivity index (χ4v) is 2.74. The monoisotopic (exact) mass is 213 g/mol. The smallest absolute Gasteiger partial charge is 0.240 e. The zero-order chi connectivity index (χ0) is 9.80. The Morgan fingerprint density at radius 2 is 2.57 bits per heavy atom. The Labute approximate surface area is 87.8 Å². The molecule has 0 saturated carbocycles. The first-order chi connectivity index (χ1) is 6.90. The van der Waals surface area contributed by atoms with Crippen LogP contribution < -0.4 is 5.32 Å². The van der Waals surface area contributed by atoms with Gasteiger partial charge >= 0.3 is 0 Å². The van der Waals surface area contributed by atoms with Gasteiger partial charge in [-0.3, -0.25) is 0 Å². The molecule has 0 amide bonds. The second-order valence-electron chi connectivity index (χ2n) is 3.49. The van der Waals surface area contributed by atoms with E-state index in [1.807, 2.05) is 18.8 Å². The minimum absolute atomic E-state index is 0.503. The summed E-state index contributed by atoms with van der Waals surface area (Å²) in [6.07, 6.45) is 2.47. The standard InChI is InChI=1S/C9H15N3OS/c1-10-5-8-11-9(12-13-8)7-3-2-4-14-6-7/h7,10H,2-6H2,1H3. The van der Waals surface area contributed by atoms with Crippen LogP contribution in [0.25, 0.3) is 0 Å². The van der Waals surface area contributed by atoms with Gasteiger partial charge in [0, 0.05) is 11.7 Å². The van der Waals surface area contributed by atoms with Crippen molar-refractivity contribution in [1.29, 1.82) is 0 Å². The van der Waals surface area contributed by atoms with E-state index in [1.165, 1.54) is 18.6 Å². The maximum Gasteiger partial charge on any atom is 0.240 e. The van der Waals surface area contributed by atoms with Gasteiger partial charge in [0.25, 0.3) is 0 Å². The Kier molecular flexibility index (Phi) is 3.42. The summed E-state index contributed by atoms with van der Waals surface area (Å²) in [5.41, 5.74) is 0. The second kappa shape index (κ2) is 4.79. The zero-order valence-corrected chi connectivity index (χ0v) is 9.14. The maximum absolute atomic E-state index is 5.13. The van der Waals surface area contributed by atoms with Crippen LogP contribution in [0.1, 0.15) is 30.5 Å². The molecule has 1 saturated heterocycles. The van der Waals surface area contributed by atoms with E-state index in [4.69, 9.17) is 4.52 Å². The van der Waals surface area contributed by atoms with Crippen LogP contribution in [0.4, 0.5) is 0 Å². The van der Waals surface area contributed by atoms with Crippen LogP contribution in [0.2, 0.25) is 0 Å². The second-order valence-corrected chi connectivity index (χ2v) is 4.64. The van der Waals surface area contributed by atoms with Gasteiger partial charge in [-0.2, -0.15) is 16.7 Å². The van der Waals surface area contributed by atoms with Gasteiger partial charge in [0.2, 0.25) is 5.89 Å². The largest absolute Gasteiger partial charge is 0.338 e. The zero-order valence-electron chi connectivity index (χ0n) is 8.32. The topological polar surface area (TPSA) is 51.0 Å². The summed E-state index contributed by atoms with van der Waals surface area (Å²) < 4.78 is 5.13. The van der Waals surface area contributed by atoms with E-state index in [0.29, 0.717) is 18.4 Å². The summed E-state index contributed by atoms with van der Waals surface area (Å²) in [5.74, 6) is 4.50. The fraction of sp³-hybridized carbons (Fsp3) is 0.778. The van der Waals surface area contributed by atoms with Crippen LogP contribution in [0.3, 0.4) is 0 Å². The number of aromatic nitrogens is 2. The first-order valence-electron chi connectivity index (χ1n) is 4.95. The highest BCUT2D eigenvalue weighted by Crippen LogP contribution is 2.29. The normalized spacial score (nSPS) is 22.5. The Balaban J connectivity index is 2.00. The number of rotatable bonds is 3. The Hall–Kier alpha value is -0.550. The number of hydrogen-bond donors (Lipinski definition) is 1. The summed E-state index contributed by atoms with van der Waals surface area (Å²) in [4.78, 5) is 4.37. The molecule has 4 nitrogen and oxygen atoms in total. The van der Waals surface area contributed by atoms with Crippen LogP contribution in [0, 0.1) is 0 Å². The van der Waals surface area contributed by atoms with Gasteiger partial charge in [-0.05, 0) is 25.6 Å². The van der Waals surface area contributed by atoms with Crippen molar-refractivity contribution in [3.63, 3.8) is 0 Å². The highest BCUT2D eigenvalue weighted by molar-refractivity contribution is 7.99. The lowest BCUT2D eigenvalue weighted by molar-refractivity contribution is 0.363. The van der Waals surface area contributed by atoms with Crippen molar-refractivity contribution < 1.29 is 4.52 Å². The van der Waals surface area contributed by atoms with E-state index in [9.17, 15) is 0 Å². The molecule has 0 bridgehead atoms. The molecule has 2 heterocycles. The number of nitrogens with zero attached hydrogens (tertiary/aromatic N) is 2. The van der Waals surface area contributed by atoms with Crippen LogP contribution in [-0.4, -0.2) is 28.7 Å². The van der Waals surface area contributed by atoms with Crippen LogP contribution in [-0.2, 0) is 6.54 Å². The van der Waals surface area contributed by atoms with E-state index in [0.717, 1.165) is 11.6 Å². The maximum atomic E-state index is 5.13. The van der Waals surface area contributed by atoms with Gasteiger partial charge in [-0.1, -0.05) is 5.16 Å². The predicted octanol–water partition coefficient (Wildman–Crippen LogP) is 1.40. The van der Waals surface area contributed by atoms with Gasteiger partial charge in [-0.15, -0.1) is 0 Å². The van der Waals surface area contributed by atoms with Crippen molar-refractivity contribution in [1.82, 2.24) is 15.5 Å². The minimum atomic E-state index is 0.503. The van der Waals surface area contributed by atoms with Gasteiger partial charge < -0.3 is 9.84 Å². The van der Waals surface area contributed by atoms with Crippen molar-refractivity contribution in [2.45, 2.75) is 25.3 Å². The highest BCUT2D eigenvalue weighted by atomic mass is 32.2. The molecule has 1 aliphatic heterocycles. The van der Waals surface area contributed by atoms with Crippen molar-refractivity contribution in [2.24, 2.45) is 0 Å². The van der Waals surface area contributed by atoms with Crippen LogP contribution in [0.15, 0.2) is 4.52 Å². The Morgan fingerprint density at radius 3 is 3.29 bits per heavy atom. The first kappa shape index (κ1) is 9.98. The number of nitrogens with one attached hydrogen (secondary N) is 1. The summed E-state index contributed by atoms with van der Waals surface area (Å²) in [7, 11) is 1.88. The van der Waals surface area contributed by atoms with E-state index in [2.05, 4.69) is 15.5 Å². The summed E-state index contributed by atoms with van der Waals surface area (Å²) in [6.45, 7) is 0.660. The molecule has 1 aromatic heterocycles. The molecule has 0 aromatic carbocycles. The molecule has 1 aromatic rings. The highest BCUT2D eigenvalue weighted by Gasteiger charge is 2.20. The molecule has 1 fully saturated rings. The minimum Gasteiger partial charge on any atom is -0.338 e. The van der Waals surface area contributed by atoms with Gasteiger partial charge in [0.1, 0.15) is 0 Å². The molecule has 1 unspecified atom stereocenters. The van der Waals surface area contributed by atoms with Crippen LogP contribution >= 0.6 is 11.8 Å². The van der Waals surface area contributed by atoms with Crippen molar-refractivity contribution in [3.05, 3.63) is 11.7 Å². The predicted molar refractivity (Wildman–Crippen MR) is 56.4 cm³/mol. The van der Waals surface area contributed by atoms with Crippen molar-refractivity contribution in [2.75, 3.05) is 18.6 Å². The van der Waals surface area contributed by atoms with Crippen molar-refractivity contribution in [3.8, 4) is 0 Å². The van der Waals surface area contributed by atoms with Gasteiger partial charge in [-0.25, -0.2) is 0 Å². The third-order valence-electron chi connectivity index (χ3n) is 2.34. The quantitative estimate of drug-likeness (QED) is 0.822. The molecule has 0 aliphatic carbocycles. The molecule has 1 N–H and O–H groups in total. The first-order valence-corrected chi connectivity index (χ1v) is 6.10. The van der Waals surface area contributed by atoms with Crippen LogP contribution in [0.5, 0.6) is 0 Å². The summed E-state index contributed by atoms with van der Waals surface area (Å²) >= 11 is 1.98. The van der Waals surface area contributed by atoms with E-state index >= 15 is 0 Å². The van der Waals surface area contributed by atoms with E-state index in [1.54, 1.807) is 0 Å². The van der Waals surface area contributed by atoms with Gasteiger partial charge in [0.15, 0.2) is 5.82 Å². The molecule has 1 aliphatic rings. The molecule has 14 heavy (non-hydrogen) atoms. The number of thioether (sulfide) groups is 1. The molecule has 78 valence electrons. The van der Waals surface area contributed by atoms with E-state index in [-0.39, 0.29) is 0 Å². The third-order valence-corrected chi connectivity index (χ3v) is 3.55. The third kappa shape index (κ3) is 2.27. The molecule has 0 spiro atoms. The number of hydrogen-bond acceptors (Lipinski definition) is 5. The molecule has 0 radical (unpaired) electrons. The van der Waals surface area contributed by atoms with Gasteiger partial charge in [0.05, 0.1) is 6.54 Å². The Morgan fingerprint density at radius 1 is 1.64 bits per heavy atom. The van der Waals surface area contributed by atoms with Crippen molar-refractivity contribution >= 4 is 11.8 Å². The molecule has 5 heteroatoms. The molecule has 2 rings (SSSR count). The molecular weight excluding hydrogens is 198 g/mol. The SMILES string of the molecule is CNCc1nc(C2CCCSC2)no1.